The molecule has 0 spiro atoms. The number of benzene rings is 1. The Morgan fingerprint density at radius 3 is 2.59 bits per heavy atom. The lowest BCUT2D eigenvalue weighted by atomic mass is 9.35. The second-order valence-corrected chi connectivity index (χ2v) is 8.64. The third kappa shape index (κ3) is 2.99. The summed E-state index contributed by atoms with van der Waals surface area (Å²) < 4.78 is 33.1. The first-order valence-electron chi connectivity index (χ1n) is 9.76. The van der Waals surface area contributed by atoms with Crippen molar-refractivity contribution in [3.05, 3.63) is 59.4 Å². The molecule has 3 aliphatic carbocycles. The van der Waals surface area contributed by atoms with Crippen LogP contribution in [0.5, 0.6) is 5.75 Å². The fourth-order valence-corrected chi connectivity index (χ4v) is 5.05. The number of amides is 1. The summed E-state index contributed by atoms with van der Waals surface area (Å²) in [5.74, 6) is -0.615. The zero-order valence-electron chi connectivity index (χ0n) is 16.1. The lowest BCUT2D eigenvalue weighted by molar-refractivity contribution is -0.226. The van der Waals surface area contributed by atoms with E-state index in [4.69, 9.17) is 4.74 Å². The molecule has 1 aromatic heterocycles. The maximum atomic E-state index is 13.6. The average Bonchev–Trinajstić information content (AvgIpc) is 3.10. The molecule has 5 nitrogen and oxygen atoms in total. The van der Waals surface area contributed by atoms with Crippen molar-refractivity contribution in [3.63, 3.8) is 0 Å². The van der Waals surface area contributed by atoms with Crippen LogP contribution in [0.2, 0.25) is 0 Å². The summed E-state index contributed by atoms with van der Waals surface area (Å²) in [4.78, 5) is 17.4. The number of rotatable bonds is 5. The molecule has 4 aliphatic rings. The lowest BCUT2D eigenvalue weighted by Gasteiger charge is -2.69. The molecule has 1 amide bonds. The zero-order valence-corrected chi connectivity index (χ0v) is 16.1. The summed E-state index contributed by atoms with van der Waals surface area (Å²) in [5, 5.41) is 5.64. The molecule has 7 heteroatoms. The van der Waals surface area contributed by atoms with Crippen LogP contribution in [0.3, 0.4) is 0 Å². The average molecular weight is 397 g/mol. The maximum Gasteiger partial charge on any atom is 0.249 e. The van der Waals surface area contributed by atoms with E-state index in [1.807, 2.05) is 19.1 Å². The van der Waals surface area contributed by atoms with Gasteiger partial charge in [0.25, 0.3) is 0 Å². The van der Waals surface area contributed by atoms with Crippen LogP contribution in [0.4, 0.5) is 8.78 Å². The van der Waals surface area contributed by atoms with Crippen molar-refractivity contribution in [2.45, 2.75) is 38.6 Å². The van der Waals surface area contributed by atoms with Gasteiger partial charge in [0.1, 0.15) is 17.4 Å². The van der Waals surface area contributed by atoms with E-state index >= 15 is 0 Å². The molecule has 3 saturated carbocycles. The zero-order chi connectivity index (χ0) is 20.2. The fourth-order valence-electron chi connectivity index (χ4n) is 5.05. The SMILES string of the molecule is Cc1ccc(OCC23CC(C(=O)N4N=CCC4c4cc(F)cc(F)c4)(C2)C3)cn1. The van der Waals surface area contributed by atoms with Crippen molar-refractivity contribution in [2.24, 2.45) is 15.9 Å². The Bertz CT molecular complexity index is 966. The van der Waals surface area contributed by atoms with Gasteiger partial charge >= 0.3 is 0 Å². The molecule has 1 aromatic carbocycles. The normalized spacial score (nSPS) is 29.3. The monoisotopic (exact) mass is 397 g/mol. The second kappa shape index (κ2) is 6.34. The lowest BCUT2D eigenvalue weighted by Crippen LogP contribution is -2.69. The summed E-state index contributed by atoms with van der Waals surface area (Å²) in [7, 11) is 0. The largest absolute Gasteiger partial charge is 0.491 e. The second-order valence-electron chi connectivity index (χ2n) is 8.64. The van der Waals surface area contributed by atoms with Crippen LogP contribution in [0.25, 0.3) is 0 Å². The van der Waals surface area contributed by atoms with E-state index in [0.29, 0.717) is 18.6 Å². The Hall–Kier alpha value is -2.83. The van der Waals surface area contributed by atoms with E-state index in [1.165, 1.54) is 17.1 Å². The molecule has 3 fully saturated rings. The molecule has 150 valence electrons. The highest BCUT2D eigenvalue weighted by molar-refractivity contribution is 5.88. The molecule has 2 heterocycles. The van der Waals surface area contributed by atoms with Crippen LogP contribution in [-0.4, -0.2) is 28.7 Å². The number of pyridine rings is 1. The van der Waals surface area contributed by atoms with E-state index in [2.05, 4.69) is 10.1 Å². The van der Waals surface area contributed by atoms with Crippen LogP contribution in [0.15, 0.2) is 41.6 Å². The molecule has 0 saturated heterocycles. The molecule has 6 rings (SSSR count). The predicted octanol–water partition coefficient (Wildman–Crippen LogP) is 4.18. The summed E-state index contributed by atoms with van der Waals surface area (Å²) in [6, 6.07) is 6.73. The Balaban J connectivity index is 1.23. The van der Waals surface area contributed by atoms with Gasteiger partial charge in [-0.3, -0.25) is 9.78 Å². The van der Waals surface area contributed by atoms with E-state index in [9.17, 15) is 13.6 Å². The smallest absolute Gasteiger partial charge is 0.249 e. The molecule has 1 atom stereocenters. The Morgan fingerprint density at radius 1 is 1.21 bits per heavy atom. The summed E-state index contributed by atoms with van der Waals surface area (Å²) in [6.07, 6.45) is 6.08. The van der Waals surface area contributed by atoms with Crippen LogP contribution < -0.4 is 4.74 Å². The number of nitrogens with zero attached hydrogens (tertiary/aromatic N) is 3. The summed E-state index contributed by atoms with van der Waals surface area (Å²) in [5.41, 5.74) is 0.988. The van der Waals surface area contributed by atoms with Gasteiger partial charge in [-0.1, -0.05) is 0 Å². The highest BCUT2D eigenvalue weighted by atomic mass is 19.1. The Labute approximate surface area is 167 Å². The van der Waals surface area contributed by atoms with Gasteiger partial charge in [-0.25, -0.2) is 13.8 Å². The van der Waals surface area contributed by atoms with Crippen molar-refractivity contribution in [3.8, 4) is 5.75 Å². The van der Waals surface area contributed by atoms with Gasteiger partial charge in [0.2, 0.25) is 5.91 Å². The van der Waals surface area contributed by atoms with Gasteiger partial charge in [-0.05, 0) is 56.0 Å². The van der Waals surface area contributed by atoms with Crippen LogP contribution in [0, 0.1) is 29.4 Å². The number of hydrogen-bond donors (Lipinski definition) is 0. The van der Waals surface area contributed by atoms with E-state index < -0.39 is 23.1 Å². The van der Waals surface area contributed by atoms with Crippen molar-refractivity contribution < 1.29 is 18.3 Å². The number of carbonyl (C=O) groups is 1. The molecule has 0 N–H and O–H groups in total. The number of aryl methyl sites for hydroxylation is 1. The van der Waals surface area contributed by atoms with E-state index in [0.717, 1.165) is 36.8 Å². The van der Waals surface area contributed by atoms with Crippen LogP contribution in [0.1, 0.15) is 43.0 Å². The van der Waals surface area contributed by atoms with Crippen LogP contribution in [-0.2, 0) is 4.79 Å². The molecule has 2 aromatic rings. The van der Waals surface area contributed by atoms with Gasteiger partial charge in [-0.15, -0.1) is 0 Å². The first-order valence-corrected chi connectivity index (χ1v) is 9.76. The standard InChI is InChI=1S/C22H21F2N3O2/c1-14-2-3-18(9-25-14)29-13-21-10-22(11-21,12-21)20(28)27-19(4-5-26-27)15-6-16(23)8-17(24)7-15/h2-3,5-9,19H,4,10-13H2,1H3. The first-order chi connectivity index (χ1) is 13.9. The third-order valence-electron chi connectivity index (χ3n) is 6.33. The number of hydrogen-bond acceptors (Lipinski definition) is 4. The number of hydrazone groups is 1. The molecule has 0 radical (unpaired) electrons. The minimum Gasteiger partial charge on any atom is -0.491 e. The minimum absolute atomic E-state index is 0.0322. The van der Waals surface area contributed by atoms with Crippen molar-refractivity contribution in [1.82, 2.24) is 9.99 Å². The predicted molar refractivity (Wildman–Crippen MR) is 102 cm³/mol. The molecule has 1 aliphatic heterocycles. The van der Waals surface area contributed by atoms with Gasteiger partial charge in [0.15, 0.2) is 0 Å². The number of halogens is 2. The molecular weight excluding hydrogens is 376 g/mol. The van der Waals surface area contributed by atoms with Crippen molar-refractivity contribution >= 4 is 12.1 Å². The highest BCUT2D eigenvalue weighted by Gasteiger charge is 2.72. The van der Waals surface area contributed by atoms with Gasteiger partial charge in [0, 0.05) is 29.8 Å². The maximum absolute atomic E-state index is 13.6. The summed E-state index contributed by atoms with van der Waals surface area (Å²) in [6.45, 7) is 2.49. The molecular formula is C22H21F2N3O2. The van der Waals surface area contributed by atoms with Crippen LogP contribution >= 0.6 is 0 Å². The molecule has 2 bridgehead atoms. The van der Waals surface area contributed by atoms with Gasteiger partial charge < -0.3 is 4.74 Å². The topological polar surface area (TPSA) is 54.8 Å². The fraction of sp³-hybridized carbons (Fsp3) is 0.409. The van der Waals surface area contributed by atoms with Gasteiger partial charge in [-0.2, -0.15) is 5.10 Å². The first kappa shape index (κ1) is 18.2. The molecule has 1 unspecified atom stereocenters. The van der Waals surface area contributed by atoms with Crippen molar-refractivity contribution in [1.29, 1.82) is 0 Å². The number of carbonyl (C=O) groups excluding carboxylic acids is 1. The Kier molecular flexibility index (Phi) is 3.98. The Morgan fingerprint density at radius 2 is 1.93 bits per heavy atom. The number of aromatic nitrogens is 1. The quantitative estimate of drug-likeness (QED) is 0.761. The number of ether oxygens (including phenoxy) is 1. The van der Waals surface area contributed by atoms with E-state index in [1.54, 1.807) is 12.4 Å². The van der Waals surface area contributed by atoms with Crippen molar-refractivity contribution in [2.75, 3.05) is 6.61 Å². The highest BCUT2D eigenvalue weighted by Crippen LogP contribution is 2.74. The third-order valence-corrected chi connectivity index (χ3v) is 6.33. The summed E-state index contributed by atoms with van der Waals surface area (Å²) >= 11 is 0. The molecule has 29 heavy (non-hydrogen) atoms. The van der Waals surface area contributed by atoms with E-state index in [-0.39, 0.29) is 11.3 Å². The van der Waals surface area contributed by atoms with Gasteiger partial charge in [0.05, 0.1) is 24.3 Å². The minimum atomic E-state index is -0.647.